The molecule has 0 aliphatic rings. The Labute approximate surface area is 91.1 Å². The fourth-order valence-corrected chi connectivity index (χ4v) is 3.24. The zero-order chi connectivity index (χ0) is 9.42. The molecule has 0 atom stereocenters. The first-order chi connectivity index (χ1) is 6.22. The maximum atomic E-state index is 6.14. The summed E-state index contributed by atoms with van der Waals surface area (Å²) in [5, 5.41) is 4.00. The fraction of sp³-hybridized carbons (Fsp3) is 0.200. The van der Waals surface area contributed by atoms with Crippen molar-refractivity contribution in [2.24, 2.45) is 0 Å². The quantitative estimate of drug-likeness (QED) is 0.629. The van der Waals surface area contributed by atoms with Gasteiger partial charge >= 0.3 is 0 Å². The molecule has 0 nitrogen and oxygen atoms in total. The highest BCUT2D eigenvalue weighted by Crippen LogP contribution is 2.33. The molecule has 3 heteroatoms. The summed E-state index contributed by atoms with van der Waals surface area (Å²) in [5.41, 5.74) is 2.33. The predicted octanol–water partition coefficient (Wildman–Crippen LogP) is 4.60. The van der Waals surface area contributed by atoms with Crippen LogP contribution in [0.2, 0.25) is 5.02 Å². The lowest BCUT2D eigenvalue weighted by atomic mass is 10.1. The van der Waals surface area contributed by atoms with Gasteiger partial charge in [0.15, 0.2) is 0 Å². The monoisotopic (exact) mass is 230 g/mol. The molecule has 0 bridgehead atoms. The molecule has 2 rings (SSSR count). The lowest BCUT2D eigenvalue weighted by Crippen LogP contribution is -1.77. The summed E-state index contributed by atoms with van der Waals surface area (Å²) in [5.74, 6) is 0.531. The molecule has 0 fully saturated rings. The van der Waals surface area contributed by atoms with E-state index < -0.39 is 0 Å². The molecule has 1 aromatic carbocycles. The van der Waals surface area contributed by atoms with Gasteiger partial charge in [0, 0.05) is 21.0 Å². The van der Waals surface area contributed by atoms with E-state index >= 15 is 0 Å². The van der Waals surface area contributed by atoms with Crippen LogP contribution in [0.3, 0.4) is 0 Å². The number of halogens is 2. The van der Waals surface area contributed by atoms with Crippen molar-refractivity contribution in [3.05, 3.63) is 33.7 Å². The smallest absolute Gasteiger partial charge is 0.0498 e. The number of thiophene rings is 1. The third kappa shape index (κ3) is 1.56. The lowest BCUT2D eigenvalue weighted by Gasteiger charge is -1.98. The van der Waals surface area contributed by atoms with Gasteiger partial charge in [-0.15, -0.1) is 22.9 Å². The molecule has 1 aromatic heterocycles. The Morgan fingerprint density at radius 1 is 1.38 bits per heavy atom. The molecule has 0 saturated heterocycles. The van der Waals surface area contributed by atoms with Crippen LogP contribution >= 0.6 is 34.5 Å². The second-order valence-corrected chi connectivity index (χ2v) is 4.60. The maximum Gasteiger partial charge on any atom is 0.0498 e. The molecular weight excluding hydrogens is 223 g/mol. The minimum atomic E-state index is 0.531. The number of hydrogen-bond donors (Lipinski definition) is 0. The number of hydrogen-bond acceptors (Lipinski definition) is 1. The number of aryl methyl sites for hydroxylation is 1. The second kappa shape index (κ2) is 3.49. The van der Waals surface area contributed by atoms with Crippen LogP contribution in [0.25, 0.3) is 10.1 Å². The summed E-state index contributed by atoms with van der Waals surface area (Å²) in [7, 11) is 0. The van der Waals surface area contributed by atoms with Gasteiger partial charge in [0.05, 0.1) is 0 Å². The Morgan fingerprint density at radius 2 is 2.15 bits per heavy atom. The van der Waals surface area contributed by atoms with Gasteiger partial charge < -0.3 is 0 Å². The van der Waals surface area contributed by atoms with Gasteiger partial charge in [0.25, 0.3) is 0 Å². The summed E-state index contributed by atoms with van der Waals surface area (Å²) in [6, 6.07) is 4.12. The molecule has 0 N–H and O–H groups in total. The fourth-order valence-electron chi connectivity index (χ4n) is 1.41. The first kappa shape index (κ1) is 9.32. The van der Waals surface area contributed by atoms with Crippen LogP contribution in [0.1, 0.15) is 11.1 Å². The largest absolute Gasteiger partial charge is 0.143 e. The molecule has 0 spiro atoms. The van der Waals surface area contributed by atoms with Crippen molar-refractivity contribution in [3.63, 3.8) is 0 Å². The normalized spacial score (nSPS) is 11.0. The van der Waals surface area contributed by atoms with Gasteiger partial charge in [0.1, 0.15) is 0 Å². The van der Waals surface area contributed by atoms with Crippen molar-refractivity contribution >= 4 is 44.6 Å². The first-order valence-electron chi connectivity index (χ1n) is 3.94. The molecule has 0 amide bonds. The molecule has 0 aliphatic carbocycles. The van der Waals surface area contributed by atoms with E-state index in [1.165, 1.54) is 10.3 Å². The Hall–Kier alpha value is -0.240. The molecule has 68 valence electrons. The van der Waals surface area contributed by atoms with Crippen molar-refractivity contribution in [1.29, 1.82) is 0 Å². The van der Waals surface area contributed by atoms with Crippen LogP contribution in [0.4, 0.5) is 0 Å². The molecule has 13 heavy (non-hydrogen) atoms. The van der Waals surface area contributed by atoms with Crippen LogP contribution in [0.15, 0.2) is 17.5 Å². The van der Waals surface area contributed by atoms with Crippen LogP contribution in [0.5, 0.6) is 0 Å². The van der Waals surface area contributed by atoms with E-state index in [1.807, 2.05) is 13.0 Å². The van der Waals surface area contributed by atoms with E-state index in [0.717, 1.165) is 16.0 Å². The topological polar surface area (TPSA) is 0 Å². The van der Waals surface area contributed by atoms with Crippen molar-refractivity contribution in [2.45, 2.75) is 12.8 Å². The standard InChI is InChI=1S/C10H8Cl2S/c1-6-2-8(12)10-7(4-11)5-13-9(10)3-6/h2-3,5H,4H2,1H3. The van der Waals surface area contributed by atoms with E-state index in [9.17, 15) is 0 Å². The summed E-state index contributed by atoms with van der Waals surface area (Å²) in [4.78, 5) is 0. The van der Waals surface area contributed by atoms with Gasteiger partial charge in [-0.3, -0.25) is 0 Å². The summed E-state index contributed by atoms with van der Waals surface area (Å²) in [6.07, 6.45) is 0. The van der Waals surface area contributed by atoms with E-state index in [-0.39, 0.29) is 0 Å². The SMILES string of the molecule is Cc1cc(Cl)c2c(CCl)csc2c1. The number of benzene rings is 1. The van der Waals surface area contributed by atoms with E-state index in [2.05, 4.69) is 11.4 Å². The molecule has 0 radical (unpaired) electrons. The highest BCUT2D eigenvalue weighted by atomic mass is 35.5. The first-order valence-corrected chi connectivity index (χ1v) is 5.74. The summed E-state index contributed by atoms with van der Waals surface area (Å²) in [6.45, 7) is 2.05. The molecule has 0 saturated carbocycles. The third-order valence-corrected chi connectivity index (χ3v) is 3.56. The maximum absolute atomic E-state index is 6.14. The molecule has 0 unspecified atom stereocenters. The lowest BCUT2D eigenvalue weighted by molar-refractivity contribution is 1.47. The van der Waals surface area contributed by atoms with Gasteiger partial charge in [-0.1, -0.05) is 11.6 Å². The molecule has 1 heterocycles. The van der Waals surface area contributed by atoms with Crippen molar-refractivity contribution in [3.8, 4) is 0 Å². The van der Waals surface area contributed by atoms with Gasteiger partial charge in [-0.05, 0) is 35.6 Å². The zero-order valence-electron chi connectivity index (χ0n) is 7.10. The molecule has 0 aliphatic heterocycles. The van der Waals surface area contributed by atoms with Gasteiger partial charge in [-0.2, -0.15) is 0 Å². The second-order valence-electron chi connectivity index (χ2n) is 3.01. The third-order valence-electron chi connectivity index (χ3n) is 1.99. The Morgan fingerprint density at radius 3 is 2.85 bits per heavy atom. The Balaban J connectivity index is 2.82. The molecule has 2 aromatic rings. The van der Waals surface area contributed by atoms with Crippen LogP contribution in [0, 0.1) is 6.92 Å². The minimum absolute atomic E-state index is 0.531. The van der Waals surface area contributed by atoms with Crippen molar-refractivity contribution in [1.82, 2.24) is 0 Å². The van der Waals surface area contributed by atoms with Crippen LogP contribution in [-0.4, -0.2) is 0 Å². The van der Waals surface area contributed by atoms with Crippen molar-refractivity contribution < 1.29 is 0 Å². The predicted molar refractivity (Wildman–Crippen MR) is 61.1 cm³/mol. The van der Waals surface area contributed by atoms with Gasteiger partial charge in [0.2, 0.25) is 0 Å². The number of alkyl halides is 1. The molecular formula is C10H8Cl2S. The van der Waals surface area contributed by atoms with Crippen molar-refractivity contribution in [2.75, 3.05) is 0 Å². The number of fused-ring (bicyclic) bond motifs is 1. The van der Waals surface area contributed by atoms with E-state index in [1.54, 1.807) is 11.3 Å². The van der Waals surface area contributed by atoms with E-state index in [4.69, 9.17) is 23.2 Å². The Kier molecular flexibility index (Phi) is 2.50. The Bertz CT molecular complexity index is 445. The van der Waals surface area contributed by atoms with Crippen LogP contribution < -0.4 is 0 Å². The highest BCUT2D eigenvalue weighted by Gasteiger charge is 2.07. The zero-order valence-corrected chi connectivity index (χ0v) is 9.43. The highest BCUT2D eigenvalue weighted by molar-refractivity contribution is 7.17. The number of rotatable bonds is 1. The summed E-state index contributed by atoms with van der Waals surface area (Å²) >= 11 is 13.6. The average Bonchev–Trinajstić information content (AvgIpc) is 2.47. The van der Waals surface area contributed by atoms with Crippen LogP contribution in [-0.2, 0) is 5.88 Å². The van der Waals surface area contributed by atoms with E-state index in [0.29, 0.717) is 5.88 Å². The average molecular weight is 231 g/mol. The minimum Gasteiger partial charge on any atom is -0.143 e. The van der Waals surface area contributed by atoms with Gasteiger partial charge in [-0.25, -0.2) is 0 Å². The summed E-state index contributed by atoms with van der Waals surface area (Å²) < 4.78 is 1.22.